The minimum atomic E-state index is -2.07. The second-order valence-electron chi connectivity index (χ2n) is 8.20. The van der Waals surface area contributed by atoms with Crippen LogP contribution in [0.4, 0.5) is 4.39 Å². The normalized spacial score (nSPS) is 12.9. The largest absolute Gasteiger partial charge is 0.542 e. The smallest absolute Gasteiger partial charge is 0.340 e. The summed E-state index contributed by atoms with van der Waals surface area (Å²) in [7, 11) is -2.07. The highest BCUT2D eigenvalue weighted by Gasteiger charge is 2.39. The molecular formula is C19H29Cl2FO3Si. The third kappa shape index (κ3) is 6.75. The van der Waals surface area contributed by atoms with Gasteiger partial charge < -0.3 is 9.53 Å². The first kappa shape index (κ1) is 23.3. The Bertz CT molecular complexity index is 628. The summed E-state index contributed by atoms with van der Waals surface area (Å²) in [4.78, 5) is 10.8. The van der Waals surface area contributed by atoms with Gasteiger partial charge in [0.05, 0.1) is 0 Å². The zero-order chi connectivity index (χ0) is 20.2. The van der Waals surface area contributed by atoms with Crippen LogP contribution in [-0.2, 0) is 11.2 Å². The van der Waals surface area contributed by atoms with Crippen molar-refractivity contribution in [3.63, 3.8) is 0 Å². The van der Waals surface area contributed by atoms with Gasteiger partial charge in [-0.05, 0) is 61.5 Å². The summed E-state index contributed by atoms with van der Waals surface area (Å²) in [5.41, 5.74) is 0.895. The molecule has 0 fully saturated rings. The topological polar surface area (TPSA) is 46.5 Å². The molecule has 0 bridgehead atoms. The summed E-state index contributed by atoms with van der Waals surface area (Å²) in [6.07, 6.45) is 3.10. The lowest BCUT2D eigenvalue weighted by Gasteiger charge is -2.36. The van der Waals surface area contributed by atoms with Gasteiger partial charge in [-0.3, -0.25) is 0 Å². The van der Waals surface area contributed by atoms with E-state index in [0.29, 0.717) is 18.6 Å². The molecule has 0 spiro atoms. The maximum atomic E-state index is 14.4. The van der Waals surface area contributed by atoms with Gasteiger partial charge >= 0.3 is 5.97 Å². The lowest BCUT2D eigenvalue weighted by atomic mass is 10.0. The molecule has 0 saturated carbocycles. The Morgan fingerprint density at radius 2 is 1.81 bits per heavy atom. The van der Waals surface area contributed by atoms with E-state index in [0.717, 1.165) is 18.4 Å². The molecule has 0 aliphatic heterocycles. The summed E-state index contributed by atoms with van der Waals surface area (Å²) < 4.78 is 18.7. The molecule has 0 unspecified atom stereocenters. The second-order valence-corrected chi connectivity index (χ2v) is 14.4. The zero-order valence-corrected chi connectivity index (χ0v) is 18.7. The van der Waals surface area contributed by atoms with Crippen molar-refractivity contribution < 1.29 is 18.7 Å². The number of alkyl halides is 2. The van der Waals surface area contributed by atoms with Crippen LogP contribution in [0.3, 0.4) is 0 Å². The van der Waals surface area contributed by atoms with Crippen molar-refractivity contribution in [3.8, 4) is 5.75 Å². The molecule has 1 aromatic carbocycles. The number of rotatable bonds is 9. The molecule has 0 atom stereocenters. The Morgan fingerprint density at radius 1 is 1.19 bits per heavy atom. The van der Waals surface area contributed by atoms with Gasteiger partial charge in [-0.25, -0.2) is 9.18 Å². The van der Waals surface area contributed by atoms with Crippen LogP contribution in [-0.4, -0.2) is 23.7 Å². The number of aliphatic carboxylic acids is 1. The summed E-state index contributed by atoms with van der Waals surface area (Å²) in [6.45, 7) is 10.5. The van der Waals surface area contributed by atoms with E-state index in [1.54, 1.807) is 6.07 Å². The van der Waals surface area contributed by atoms with Crippen LogP contribution < -0.4 is 4.43 Å². The number of benzene rings is 1. The molecule has 7 heteroatoms. The van der Waals surface area contributed by atoms with Crippen LogP contribution in [0.25, 0.3) is 0 Å². The Labute approximate surface area is 167 Å². The molecule has 0 aliphatic carbocycles. The summed E-state index contributed by atoms with van der Waals surface area (Å²) in [5, 5.41) is 8.86. The molecule has 0 radical (unpaired) electrons. The molecule has 26 heavy (non-hydrogen) atoms. The van der Waals surface area contributed by atoms with E-state index in [1.807, 2.05) is 6.07 Å². The molecule has 0 amide bonds. The fourth-order valence-corrected chi connectivity index (χ4v) is 3.46. The van der Waals surface area contributed by atoms with Crippen LogP contribution in [0.2, 0.25) is 18.1 Å². The van der Waals surface area contributed by atoms with Crippen molar-refractivity contribution in [3.05, 3.63) is 29.6 Å². The molecule has 0 aliphatic rings. The van der Waals surface area contributed by atoms with Crippen LogP contribution in [0, 0.1) is 5.82 Å². The fraction of sp³-hybridized carbons (Fsp3) is 0.632. The van der Waals surface area contributed by atoms with E-state index in [9.17, 15) is 9.18 Å². The third-order valence-corrected chi connectivity index (χ3v) is 9.98. The number of carboxylic acid groups (broad SMARTS) is 1. The third-order valence-electron chi connectivity index (χ3n) is 4.94. The number of carbonyl (C=O) groups is 1. The average Bonchev–Trinajstić information content (AvgIpc) is 2.48. The number of unbranched alkanes of at least 4 members (excludes halogenated alkanes) is 2. The van der Waals surface area contributed by atoms with Crippen LogP contribution >= 0.6 is 23.2 Å². The lowest BCUT2D eigenvalue weighted by molar-refractivity contribution is -0.138. The maximum absolute atomic E-state index is 14.4. The van der Waals surface area contributed by atoms with Gasteiger partial charge in [-0.1, -0.05) is 56.5 Å². The number of aryl methyl sites for hydroxylation is 1. The first-order chi connectivity index (χ1) is 11.8. The van der Waals surface area contributed by atoms with Crippen molar-refractivity contribution in [2.75, 3.05) is 0 Å². The first-order valence-corrected chi connectivity index (χ1v) is 12.5. The predicted molar refractivity (Wildman–Crippen MR) is 108 cm³/mol. The van der Waals surface area contributed by atoms with Gasteiger partial charge in [0.15, 0.2) is 5.82 Å². The number of carboxylic acids is 1. The van der Waals surface area contributed by atoms with Crippen LogP contribution in [0.15, 0.2) is 18.2 Å². The highest BCUT2D eigenvalue weighted by molar-refractivity contribution is 6.74. The van der Waals surface area contributed by atoms with Crippen molar-refractivity contribution in [1.29, 1.82) is 0 Å². The average molecular weight is 423 g/mol. The fourth-order valence-electron chi connectivity index (χ4n) is 2.17. The molecular weight excluding hydrogens is 394 g/mol. The molecule has 1 aromatic rings. The molecule has 3 nitrogen and oxygen atoms in total. The van der Waals surface area contributed by atoms with Gasteiger partial charge in [-0.15, -0.1) is 0 Å². The van der Waals surface area contributed by atoms with Gasteiger partial charge in [0.2, 0.25) is 4.33 Å². The predicted octanol–water partition coefficient (Wildman–Crippen LogP) is 6.57. The molecule has 1 N–H and O–H groups in total. The second kappa shape index (κ2) is 8.94. The molecule has 1 rings (SSSR count). The van der Waals surface area contributed by atoms with E-state index in [2.05, 4.69) is 33.9 Å². The Hall–Kier alpha value is -0.783. The molecule has 0 aromatic heterocycles. The van der Waals surface area contributed by atoms with E-state index >= 15 is 0 Å². The Balaban J connectivity index is 2.54. The Kier molecular flexibility index (Phi) is 7.99. The summed E-state index contributed by atoms with van der Waals surface area (Å²) in [5.74, 6) is -1.24. The highest BCUT2D eigenvalue weighted by Crippen LogP contribution is 2.38. The summed E-state index contributed by atoms with van der Waals surface area (Å²) >= 11 is 11.4. The zero-order valence-electron chi connectivity index (χ0n) is 16.2. The summed E-state index contributed by atoms with van der Waals surface area (Å²) in [6, 6.07) is 5.11. The van der Waals surface area contributed by atoms with Gasteiger partial charge in [0.25, 0.3) is 8.32 Å². The lowest BCUT2D eigenvalue weighted by Crippen LogP contribution is -2.44. The molecule has 0 heterocycles. The highest BCUT2D eigenvalue weighted by atomic mass is 35.5. The van der Waals surface area contributed by atoms with Crippen LogP contribution in [0.1, 0.15) is 52.0 Å². The van der Waals surface area contributed by atoms with E-state index < -0.39 is 18.6 Å². The Morgan fingerprint density at radius 3 is 2.31 bits per heavy atom. The van der Waals surface area contributed by atoms with E-state index in [-0.39, 0.29) is 17.3 Å². The number of hydrogen-bond acceptors (Lipinski definition) is 2. The van der Waals surface area contributed by atoms with Crippen molar-refractivity contribution in [2.45, 2.75) is 75.3 Å². The molecule has 0 saturated heterocycles. The minimum Gasteiger partial charge on any atom is -0.542 e. The van der Waals surface area contributed by atoms with Crippen molar-refractivity contribution in [2.24, 2.45) is 0 Å². The molecule has 148 valence electrons. The van der Waals surface area contributed by atoms with E-state index in [1.165, 1.54) is 6.07 Å². The quantitative estimate of drug-likeness (QED) is 0.278. The van der Waals surface area contributed by atoms with Crippen molar-refractivity contribution in [1.82, 2.24) is 0 Å². The monoisotopic (exact) mass is 422 g/mol. The SMILES string of the molecule is CC(C)(C)[Si](C)(C)Oc1ccc(CCCCCC(Cl)(Cl)C(=O)O)cc1F. The van der Waals surface area contributed by atoms with Gasteiger partial charge in [-0.2, -0.15) is 0 Å². The number of hydrogen-bond donors (Lipinski definition) is 1. The van der Waals surface area contributed by atoms with Crippen molar-refractivity contribution >= 4 is 37.5 Å². The first-order valence-electron chi connectivity index (χ1n) is 8.85. The maximum Gasteiger partial charge on any atom is 0.340 e. The van der Waals surface area contributed by atoms with E-state index in [4.69, 9.17) is 32.7 Å². The minimum absolute atomic E-state index is 0.00806. The van der Waals surface area contributed by atoms with Gasteiger partial charge in [0, 0.05) is 0 Å². The standard InChI is InChI=1S/C19H29Cl2FO3Si/c1-18(2,3)26(4,5)25-16-11-10-14(13-15(16)22)9-7-6-8-12-19(20,21)17(23)24/h10-11,13H,6-9,12H2,1-5H3,(H,23,24). The van der Waals surface area contributed by atoms with Crippen LogP contribution in [0.5, 0.6) is 5.75 Å². The number of halogens is 3. The van der Waals surface area contributed by atoms with Gasteiger partial charge in [0.1, 0.15) is 5.75 Å².